The van der Waals surface area contributed by atoms with Crippen LogP contribution in [0.4, 0.5) is 0 Å². The second-order valence-corrected chi connectivity index (χ2v) is 19.7. The van der Waals surface area contributed by atoms with Crippen LogP contribution in [0.15, 0.2) is 47.6 Å². The van der Waals surface area contributed by atoms with Crippen molar-refractivity contribution < 1.29 is 72.2 Å². The van der Waals surface area contributed by atoms with Gasteiger partial charge in [0.25, 0.3) is 0 Å². The Morgan fingerprint density at radius 2 is 1.57 bits per heavy atom. The lowest BCUT2D eigenvalue weighted by atomic mass is 9.67. The van der Waals surface area contributed by atoms with Crippen molar-refractivity contribution in [2.45, 2.75) is 203 Å². The second-order valence-electron chi connectivity index (χ2n) is 19.7. The molecule has 0 radical (unpaired) electrons. The van der Waals surface area contributed by atoms with Gasteiger partial charge >= 0.3 is 5.97 Å². The summed E-state index contributed by atoms with van der Waals surface area (Å²) in [5, 5.41) is 34.6. The lowest BCUT2D eigenvalue weighted by Gasteiger charge is -2.48. The van der Waals surface area contributed by atoms with E-state index in [0.717, 1.165) is 12.0 Å². The Morgan fingerprint density at radius 1 is 0.857 bits per heavy atom. The molecule has 8 rings (SSSR count). The van der Waals surface area contributed by atoms with Gasteiger partial charge in [0.15, 0.2) is 24.0 Å². The molecule has 22 atom stereocenters. The predicted molar refractivity (Wildman–Crippen MR) is 227 cm³/mol. The Bertz CT molecular complexity index is 1770. The molecule has 0 aromatic rings. The molecular weight excluding hydrogens is 817 g/mol. The van der Waals surface area contributed by atoms with E-state index >= 15 is 0 Å². The summed E-state index contributed by atoms with van der Waals surface area (Å²) in [6, 6.07) is 0. The highest BCUT2D eigenvalue weighted by Gasteiger charge is 2.79. The summed E-state index contributed by atoms with van der Waals surface area (Å²) < 4.78 is 70.2. The summed E-state index contributed by atoms with van der Waals surface area (Å²) >= 11 is 0. The van der Waals surface area contributed by atoms with Crippen LogP contribution >= 0.6 is 0 Å². The monoisotopic (exact) mass is 888 g/mol. The molecule has 8 aliphatic rings. The maximum Gasteiger partial charge on any atom is 0.316 e. The molecule has 354 valence electrons. The van der Waals surface area contributed by atoms with E-state index in [9.17, 15) is 20.1 Å². The average Bonchev–Trinajstić information content (AvgIpc) is 3.90. The quantitative estimate of drug-likeness (QED) is 0.175. The average molecular weight is 889 g/mol. The lowest BCUT2D eigenvalue weighted by Crippen LogP contribution is -2.63. The predicted octanol–water partition coefficient (Wildman–Crippen LogP) is 4.59. The molecule has 0 aromatic carbocycles. The molecular formula is C48H72O15. The summed E-state index contributed by atoms with van der Waals surface area (Å²) in [5.74, 6) is -2.69. The van der Waals surface area contributed by atoms with Crippen LogP contribution in [-0.4, -0.2) is 151 Å². The largest absolute Gasteiger partial charge is 0.462 e. The zero-order valence-corrected chi connectivity index (χ0v) is 38.6. The number of hydrogen-bond acceptors (Lipinski definition) is 15. The first-order chi connectivity index (χ1) is 30.0. The van der Waals surface area contributed by atoms with Crippen molar-refractivity contribution >= 4 is 5.97 Å². The van der Waals surface area contributed by atoms with Crippen molar-refractivity contribution in [3.63, 3.8) is 0 Å². The van der Waals surface area contributed by atoms with E-state index in [1.165, 1.54) is 0 Å². The van der Waals surface area contributed by atoms with Crippen molar-refractivity contribution in [2.75, 3.05) is 20.8 Å². The van der Waals surface area contributed by atoms with Gasteiger partial charge in [0, 0.05) is 51.7 Å². The normalized spacial score (nSPS) is 51.9. The molecule has 3 N–H and O–H groups in total. The minimum atomic E-state index is -1.91. The molecule has 15 heteroatoms. The number of aliphatic hydroxyl groups is 3. The van der Waals surface area contributed by atoms with Gasteiger partial charge < -0.3 is 67.4 Å². The van der Waals surface area contributed by atoms with Crippen LogP contribution in [0.1, 0.15) is 93.9 Å². The third-order valence-corrected chi connectivity index (χ3v) is 15.3. The van der Waals surface area contributed by atoms with Gasteiger partial charge in [-0.25, -0.2) is 0 Å². The third kappa shape index (κ3) is 8.82. The van der Waals surface area contributed by atoms with Gasteiger partial charge in [-0.1, -0.05) is 64.5 Å². The first kappa shape index (κ1) is 47.4. The smallest absolute Gasteiger partial charge is 0.316 e. The second kappa shape index (κ2) is 18.5. The Hall–Kier alpha value is -2.09. The lowest BCUT2D eigenvalue weighted by molar-refractivity contribution is -0.318. The van der Waals surface area contributed by atoms with Crippen LogP contribution < -0.4 is 0 Å². The van der Waals surface area contributed by atoms with Gasteiger partial charge in [-0.05, 0) is 57.3 Å². The number of epoxide rings is 1. The van der Waals surface area contributed by atoms with Crippen LogP contribution in [0.25, 0.3) is 0 Å². The molecule has 15 nitrogen and oxygen atoms in total. The highest BCUT2D eigenvalue weighted by Crippen LogP contribution is 2.59. The van der Waals surface area contributed by atoms with Crippen molar-refractivity contribution in [2.24, 2.45) is 23.7 Å². The fourth-order valence-corrected chi connectivity index (χ4v) is 11.3. The van der Waals surface area contributed by atoms with E-state index in [1.54, 1.807) is 34.1 Å². The maximum absolute atomic E-state index is 14.5. The third-order valence-electron chi connectivity index (χ3n) is 15.3. The molecule has 5 fully saturated rings. The minimum absolute atomic E-state index is 0.0123. The molecule has 2 bridgehead atoms. The Labute approximate surface area is 372 Å². The number of methoxy groups -OCH3 is 2. The summed E-state index contributed by atoms with van der Waals surface area (Å²) in [6.07, 6.45) is 5.94. The molecule has 14 unspecified atom stereocenters. The Balaban J connectivity index is 1.09. The van der Waals surface area contributed by atoms with E-state index in [2.05, 4.69) is 39.8 Å². The summed E-state index contributed by atoms with van der Waals surface area (Å²) in [4.78, 5) is 14.5. The van der Waals surface area contributed by atoms with E-state index in [1.807, 2.05) is 32.1 Å². The van der Waals surface area contributed by atoms with Crippen LogP contribution in [0, 0.1) is 23.7 Å². The van der Waals surface area contributed by atoms with Gasteiger partial charge in [0.05, 0.1) is 49.3 Å². The number of esters is 1. The Kier molecular flexibility index (Phi) is 13.9. The summed E-state index contributed by atoms with van der Waals surface area (Å²) in [7, 11) is 3.22. The first-order valence-electron chi connectivity index (χ1n) is 23.3. The van der Waals surface area contributed by atoms with Gasteiger partial charge in [-0.15, -0.1) is 0 Å². The van der Waals surface area contributed by atoms with Gasteiger partial charge in [-0.2, -0.15) is 0 Å². The molecule has 1 aliphatic carbocycles. The molecule has 2 spiro atoms. The molecule has 7 aliphatic heterocycles. The zero-order valence-electron chi connectivity index (χ0n) is 38.6. The zero-order chi connectivity index (χ0) is 45.2. The highest BCUT2D eigenvalue weighted by atomic mass is 16.7. The summed E-state index contributed by atoms with van der Waals surface area (Å²) in [6.45, 7) is 16.0. The van der Waals surface area contributed by atoms with Crippen molar-refractivity contribution in [3.05, 3.63) is 47.6 Å². The van der Waals surface area contributed by atoms with E-state index in [4.69, 9.17) is 52.1 Å². The number of fused-ring (bicyclic) bond motifs is 2. The molecule has 0 aromatic heterocycles. The van der Waals surface area contributed by atoms with Gasteiger partial charge in [0.2, 0.25) is 0 Å². The van der Waals surface area contributed by atoms with Crippen molar-refractivity contribution in [3.8, 4) is 0 Å². The molecule has 0 amide bonds. The van der Waals surface area contributed by atoms with E-state index in [0.29, 0.717) is 31.3 Å². The van der Waals surface area contributed by atoms with Gasteiger partial charge in [-0.3, -0.25) is 4.79 Å². The minimum Gasteiger partial charge on any atom is -0.462 e. The summed E-state index contributed by atoms with van der Waals surface area (Å²) in [5.41, 5.74) is -1.72. The fourth-order valence-electron chi connectivity index (χ4n) is 11.3. The number of hydrogen-bond donors (Lipinski definition) is 3. The van der Waals surface area contributed by atoms with Crippen LogP contribution in [-0.2, 0) is 56.9 Å². The van der Waals surface area contributed by atoms with Crippen LogP contribution in [0.5, 0.6) is 0 Å². The topological polar surface area (TPSA) is 183 Å². The fraction of sp³-hybridized carbons (Fsp3) is 0.812. The number of ether oxygens (including phenoxy) is 11. The molecule has 63 heavy (non-hydrogen) atoms. The van der Waals surface area contributed by atoms with Crippen LogP contribution in [0.2, 0.25) is 0 Å². The van der Waals surface area contributed by atoms with E-state index in [-0.39, 0.29) is 36.9 Å². The molecule has 5 saturated heterocycles. The number of carbonyl (C=O) groups excluding carboxylic acids is 1. The van der Waals surface area contributed by atoms with Crippen LogP contribution in [0.3, 0.4) is 0 Å². The molecule has 0 saturated carbocycles. The maximum atomic E-state index is 14.5. The highest BCUT2D eigenvalue weighted by molar-refractivity contribution is 5.78. The van der Waals surface area contributed by atoms with E-state index < -0.39 is 115 Å². The SMILES string of the molecule is CCC(C)C1O[C@@]2(C=C[C@H]1C)C[C@@H]1C[C@@H](C/C=C(\C)C(OC3CC(OC)C(OC4CC(OC)C(O)C(C)O4)C(C)O3)[C@@H](C)/C=C\C3OC34CO[C@@H]3[C@H](O)C(C)=CC(C(=O)O1)[C@@]34O)O2. The standard InChI is InChI=1S/C48H72O15/c1-11-24(2)42-27(5)16-17-46(63-42)22-32-19-31(61-46)14-12-25(3)41(59-38-21-35(54-10)43(30(8)57-38)60-37-20-34(53-9)40(50)29(7)56-37)26(4)13-15-36-47(62-36)23-55-44-39(49)28(6)18-33(45(51)58-32)48(44,47)52/h12-13,15-18,24,26-27,29-44,49-50,52H,11,14,19-23H2,1-10H3/b15-13-,25-12+/t24?,26-,27+,29?,30?,31+,32-,33?,34?,35?,36?,37?,38?,39+,40?,41?,42?,43?,44+,46-,47?,48+/m0/s1. The Morgan fingerprint density at radius 3 is 2.30 bits per heavy atom. The van der Waals surface area contributed by atoms with Crippen molar-refractivity contribution in [1.82, 2.24) is 0 Å². The number of rotatable bonds is 8. The van der Waals surface area contributed by atoms with Gasteiger partial charge in [0.1, 0.15) is 48.1 Å². The molecule has 7 heterocycles. The first-order valence-corrected chi connectivity index (χ1v) is 23.3. The number of carbonyl (C=O) groups is 1. The van der Waals surface area contributed by atoms with Crippen molar-refractivity contribution in [1.29, 1.82) is 0 Å². The number of aliphatic hydroxyl groups excluding tert-OH is 2.